The van der Waals surface area contributed by atoms with E-state index in [0.717, 1.165) is 40.0 Å². The van der Waals surface area contributed by atoms with Gasteiger partial charge in [-0.15, -0.1) is 65.9 Å². The predicted molar refractivity (Wildman–Crippen MR) is 457 cm³/mol. The maximum absolute atomic E-state index is 10.3. The number of hydrogen-bond donors (Lipinski definition) is 15. The number of amidine groups is 4. The number of aliphatic hydroxyl groups is 10. The van der Waals surface area contributed by atoms with E-state index in [1.54, 1.807) is 45.6 Å². The first-order valence-corrected chi connectivity index (χ1v) is 51.2. The Kier molecular flexibility index (Phi) is 32.3. The lowest BCUT2D eigenvalue weighted by Crippen LogP contribution is -2.42. The summed E-state index contributed by atoms with van der Waals surface area (Å²) >= 11 is 2.06. The van der Waals surface area contributed by atoms with E-state index in [0.29, 0.717) is 72.8 Å². The lowest BCUT2D eigenvalue weighted by atomic mass is 9.94. The van der Waals surface area contributed by atoms with Crippen molar-refractivity contribution < 1.29 is 74.7 Å². The Balaban J connectivity index is 0.000000209. The van der Waals surface area contributed by atoms with Crippen LogP contribution in [-0.4, -0.2) is 364 Å². The fourth-order valence-corrected chi connectivity index (χ4v) is 17.4. The van der Waals surface area contributed by atoms with Crippen molar-refractivity contribution in [2.24, 2.45) is 69.6 Å². The van der Waals surface area contributed by atoms with Crippen molar-refractivity contribution in [1.82, 2.24) is 19.7 Å². The van der Waals surface area contributed by atoms with Gasteiger partial charge in [-0.2, -0.15) is 5.10 Å². The molecule has 0 spiro atoms. The molecule has 1 unspecified atom stereocenters. The van der Waals surface area contributed by atoms with E-state index < -0.39 is 157 Å². The lowest BCUT2D eigenvalue weighted by Gasteiger charge is -2.31. The van der Waals surface area contributed by atoms with Crippen LogP contribution in [0.25, 0.3) is 0 Å². The van der Waals surface area contributed by atoms with Crippen LogP contribution < -0.4 is 28.7 Å². The quantitative estimate of drug-likeness (QED) is 0.0606. The van der Waals surface area contributed by atoms with E-state index in [-0.39, 0.29) is 23.5 Å². The Morgan fingerprint density at radius 3 is 1.17 bits per heavy atom. The molecule has 0 saturated carbocycles. The molecule has 10 heterocycles. The highest BCUT2D eigenvalue weighted by molar-refractivity contribution is 14.1. The van der Waals surface area contributed by atoms with Gasteiger partial charge in [0.25, 0.3) is 0 Å². The lowest BCUT2D eigenvalue weighted by molar-refractivity contribution is -0.0749. The second-order valence-electron chi connectivity index (χ2n) is 31.5. The van der Waals surface area contributed by atoms with E-state index in [1.165, 1.54) is 11.2 Å². The Bertz CT molecular complexity index is 3510. The standard InChI is InChI=1S/C15H26N3O3P.C14H23IN3O3P.2C14H24N3O3P.C13H23N4O3P/c1-9-8-18(10(2)17-14(9)16)15-13(20)12(19)11(21-15)6-7-22(3,4)5;1-8-17-13(16)9(15)7-18(8)14-12(20)11(19)10(21-14)5-6-22(2,3)4;1-9-16-11(15)5-7-17(9)14-13(19)12(18)10(20-14)6-8-21(2,3)4;1-8-9(7-16-14(15)17-8)13-12(19)11(18)10(20-13)5-6-21(2,3)4;1-8-16-10(14)7-15-17(8)13-12(19)11(18)9(20-13)5-6-21(2,3)4/h8,11-13,15,19-20H,2-3,6-7H2,1,4-5H3,(H2,16,17);7,10-12,14,19-20H,1-2,5-6H2,3-4H3,(H2,16,17);5,7,10,12-14,18-19H,1-2,6,8H2,3-4H3,(H2,15,16);7,9-13,18-19H,1-2,5-6H2,3-4H3,(H2,15,17);7,9,11-13,18-19H,1-2,5-6H2,3-4H3,(H2,14,16)/t11-,12-,13-,15-;10-,11-,12-,14-;10-,12-,13-,14-;9?,10-,11-,12-,13+;9-,11-,12-,13-/m11111/s1. The van der Waals surface area contributed by atoms with Crippen molar-refractivity contribution in [1.29, 1.82) is 0 Å². The molecule has 0 aromatic heterocycles. The Labute approximate surface area is 645 Å². The molecular weight excluding hydrogens is 1590 g/mol. The minimum atomic E-state index is -1.21. The number of ether oxygens (including phenoxy) is 5. The van der Waals surface area contributed by atoms with Crippen molar-refractivity contribution in [2.75, 3.05) is 97.5 Å². The van der Waals surface area contributed by atoms with Crippen molar-refractivity contribution in [2.45, 2.75) is 162 Å². The van der Waals surface area contributed by atoms with Crippen LogP contribution in [0.4, 0.5) is 0 Å². The highest BCUT2D eigenvalue weighted by atomic mass is 127. The monoisotopic (exact) mass is 1710 g/mol. The van der Waals surface area contributed by atoms with E-state index in [2.05, 4.69) is 189 Å². The average molecular weight is 1710 g/mol. The van der Waals surface area contributed by atoms with Crippen LogP contribution in [-0.2, 0) is 23.7 Å². The fraction of sp³-hybridized carbons (Fsp3) is 0.600. The van der Waals surface area contributed by atoms with Gasteiger partial charge in [-0.25, -0.2) is 35.0 Å². The van der Waals surface area contributed by atoms with Crippen LogP contribution in [0.2, 0.25) is 0 Å². The van der Waals surface area contributed by atoms with Gasteiger partial charge in [-0.05, 0) is 165 Å². The number of nitrogens with zero attached hydrogens (tertiary/aromatic N) is 11. The topological polar surface area (TPSA) is 478 Å². The Hall–Kier alpha value is -4.56. The molecule has 37 heteroatoms. The van der Waals surface area contributed by atoms with Gasteiger partial charge in [0.2, 0.25) is 5.96 Å². The van der Waals surface area contributed by atoms with Gasteiger partial charge in [0.1, 0.15) is 108 Å². The highest BCUT2D eigenvalue weighted by Crippen LogP contribution is 2.44. The van der Waals surface area contributed by atoms with E-state index in [1.807, 2.05) is 6.92 Å². The van der Waals surface area contributed by atoms with Gasteiger partial charge in [0.05, 0.1) is 52.3 Å². The molecule has 0 aromatic carbocycles. The first-order chi connectivity index (χ1) is 49.3. The van der Waals surface area contributed by atoms with Crippen molar-refractivity contribution in [3.63, 3.8) is 0 Å². The van der Waals surface area contributed by atoms with Crippen LogP contribution in [0, 0.1) is 5.92 Å². The van der Waals surface area contributed by atoms with Crippen molar-refractivity contribution in [3.05, 3.63) is 95.7 Å². The molecule has 10 aliphatic rings. The maximum Gasteiger partial charge on any atom is 0.219 e. The third-order valence-electron chi connectivity index (χ3n) is 18.4. The normalized spacial score (nSPS) is 33.9. The molecule has 31 nitrogen and oxygen atoms in total. The van der Waals surface area contributed by atoms with Gasteiger partial charge in [-0.3, -0.25) is 0 Å². The molecule has 10 aliphatic heterocycles. The summed E-state index contributed by atoms with van der Waals surface area (Å²) in [6.07, 6.45) is 22.9. The molecule has 0 radical (unpaired) electrons. The molecular formula is C70H120IN16O15P5. The molecule has 0 aliphatic carbocycles. The summed E-state index contributed by atoms with van der Waals surface area (Å²) in [5.74, 6) is 2.59. The van der Waals surface area contributed by atoms with Gasteiger partial charge in [0.15, 0.2) is 24.9 Å². The van der Waals surface area contributed by atoms with Gasteiger partial charge < -0.3 is 118 Å². The fourth-order valence-electron chi connectivity index (χ4n) is 12.2. The van der Waals surface area contributed by atoms with Crippen LogP contribution in [0.3, 0.4) is 0 Å². The molecule has 10 rings (SSSR count). The minimum absolute atomic E-state index is 0.143. The van der Waals surface area contributed by atoms with E-state index >= 15 is 0 Å². The number of rotatable bonds is 20. The summed E-state index contributed by atoms with van der Waals surface area (Å²) in [7, 11) is 0. The number of nitrogens with two attached hydrogens (primary N) is 5. The Morgan fingerprint density at radius 2 is 0.776 bits per heavy atom. The zero-order valence-electron chi connectivity index (χ0n) is 63.7. The molecule has 5 fully saturated rings. The molecule has 0 bridgehead atoms. The summed E-state index contributed by atoms with van der Waals surface area (Å²) in [4.78, 5) is 29.1. The minimum Gasteiger partial charge on any atom is -0.388 e. The van der Waals surface area contributed by atoms with E-state index in [9.17, 15) is 51.1 Å². The molecule has 107 heavy (non-hydrogen) atoms. The number of guanidine groups is 1. The van der Waals surface area contributed by atoms with Crippen molar-refractivity contribution >= 4 is 130 Å². The van der Waals surface area contributed by atoms with Crippen LogP contribution in [0.1, 0.15) is 39.0 Å². The second-order valence-corrected chi connectivity index (χ2v) is 54.2. The summed E-state index contributed by atoms with van der Waals surface area (Å²) in [5.41, 5.74) is 29.4. The molecule has 602 valence electrons. The summed E-state index contributed by atoms with van der Waals surface area (Å²) in [6.45, 7) is 36.2. The predicted octanol–water partition coefficient (Wildman–Crippen LogP) is 1.49. The second kappa shape index (κ2) is 37.8. The van der Waals surface area contributed by atoms with Crippen LogP contribution in [0.5, 0.6) is 0 Å². The molecule has 21 atom stereocenters. The maximum atomic E-state index is 10.3. The summed E-state index contributed by atoms with van der Waals surface area (Å²) < 4.78 is 29.9. The zero-order chi connectivity index (χ0) is 80.7. The molecule has 0 amide bonds. The molecule has 20 N–H and O–H groups in total. The van der Waals surface area contributed by atoms with Crippen molar-refractivity contribution in [3.8, 4) is 0 Å². The third kappa shape index (κ3) is 26.0. The average Bonchev–Trinajstić information content (AvgIpc) is 1.67. The largest absolute Gasteiger partial charge is 0.388 e. The first-order valence-electron chi connectivity index (χ1n) is 34.8. The van der Waals surface area contributed by atoms with Gasteiger partial charge in [0, 0.05) is 36.1 Å². The SMILES string of the molecule is C=C1N=C(N)C(C)=CN1[C@@H]1O[C@H](CCP(=C)(C)C)[C@@H](O)[C@H]1O.C=C1N=C(N)C(I)=CN1[C@@H]1O[C@H](CCP(=C)(C)C)[C@@H](O)[C@H]1O.C=C1N=C(N)C=CN1[C@@H]1O[C@H](CCP(=C)(C)C)[C@@H](O)[C@H]1O.C=C1N=C(N)C=NN1[C@@H]1O[C@H](CCP(=C)(C)C)[C@@H](O)[C@H]1O.C=C1N=C(N)N=CC1[C@@H]1O[C@H](CCP(=C)(C)C)[C@@H](O)[C@H]1O. The summed E-state index contributed by atoms with van der Waals surface area (Å²) in [6, 6.07) is 0. The number of halogens is 1. The first kappa shape index (κ1) is 91.3. The van der Waals surface area contributed by atoms with Crippen LogP contribution >= 0.6 is 57.0 Å². The number of hydrogen-bond acceptors (Lipinski definition) is 31. The van der Waals surface area contributed by atoms with E-state index in [4.69, 9.17) is 52.4 Å². The number of aliphatic imine (C=N–C) groups is 6. The summed E-state index contributed by atoms with van der Waals surface area (Å²) in [5, 5.41) is 108. The zero-order valence-corrected chi connectivity index (χ0v) is 70.3. The van der Waals surface area contributed by atoms with Gasteiger partial charge >= 0.3 is 0 Å². The van der Waals surface area contributed by atoms with Crippen LogP contribution in [0.15, 0.2) is 131 Å². The van der Waals surface area contributed by atoms with Gasteiger partial charge in [-0.1, -0.05) is 32.9 Å². The molecule has 5 saturated heterocycles. The number of aliphatic hydroxyl groups excluding tert-OH is 10. The highest BCUT2D eigenvalue weighted by Gasteiger charge is 2.51. The third-order valence-corrected chi connectivity index (χ3v) is 26.6. The number of hydrazone groups is 1. The molecule has 0 aromatic rings. The smallest absolute Gasteiger partial charge is 0.219 e. The Morgan fingerprint density at radius 1 is 0.430 bits per heavy atom.